The fraction of sp³-hybridized carbons (Fsp3) is 0.571. The van der Waals surface area contributed by atoms with Crippen LogP contribution in [0.15, 0.2) is 24.3 Å². The van der Waals surface area contributed by atoms with Crippen LogP contribution >= 0.6 is 0 Å². The summed E-state index contributed by atoms with van der Waals surface area (Å²) in [5.74, 6) is -0.432. The van der Waals surface area contributed by atoms with E-state index in [1.54, 1.807) is 16.7 Å². The number of rotatable bonds is 4. The topological polar surface area (TPSA) is 73.0 Å². The zero-order valence-corrected chi connectivity index (χ0v) is 16.4. The summed E-state index contributed by atoms with van der Waals surface area (Å²) in [5, 5.41) is 2.95. The summed E-state index contributed by atoms with van der Waals surface area (Å²) in [6, 6.07) is 7.97. The average molecular weight is 384 g/mol. The normalized spacial score (nSPS) is 24.2. The lowest BCUT2D eigenvalue weighted by Crippen LogP contribution is -2.50. The first-order valence-corrected chi connectivity index (χ1v) is 10.2. The molecular weight excluding hydrogens is 356 g/mol. The second kappa shape index (κ2) is 7.81. The molecule has 28 heavy (non-hydrogen) atoms. The summed E-state index contributed by atoms with van der Waals surface area (Å²) in [6.07, 6.45) is 3.09. The lowest BCUT2D eigenvalue weighted by Gasteiger charge is -2.34. The van der Waals surface area contributed by atoms with Crippen molar-refractivity contribution in [3.8, 4) is 0 Å². The molecule has 0 spiro atoms. The van der Waals surface area contributed by atoms with Gasteiger partial charge in [-0.05, 0) is 43.5 Å². The highest BCUT2D eigenvalue weighted by molar-refractivity contribution is 5.99. The first-order chi connectivity index (χ1) is 13.5. The number of piperazine rings is 1. The van der Waals surface area contributed by atoms with Gasteiger partial charge in [0.2, 0.25) is 17.7 Å². The van der Waals surface area contributed by atoms with Crippen molar-refractivity contribution in [2.45, 2.75) is 26.2 Å². The molecule has 1 saturated carbocycles. The number of carbonyl (C=O) groups is 3. The van der Waals surface area contributed by atoms with Gasteiger partial charge in [-0.1, -0.05) is 0 Å². The number of anilines is 2. The molecule has 1 aromatic rings. The molecule has 0 radical (unpaired) electrons. The number of benzene rings is 1. The Kier molecular flexibility index (Phi) is 5.24. The third-order valence-electron chi connectivity index (χ3n) is 6.09. The van der Waals surface area contributed by atoms with Gasteiger partial charge in [-0.2, -0.15) is 0 Å². The molecule has 2 unspecified atom stereocenters. The van der Waals surface area contributed by atoms with E-state index in [0.717, 1.165) is 18.8 Å². The maximum atomic E-state index is 12.6. The Hall–Kier alpha value is -2.57. The first-order valence-electron chi connectivity index (χ1n) is 10.2. The molecule has 2 saturated heterocycles. The quantitative estimate of drug-likeness (QED) is 0.855. The zero-order valence-electron chi connectivity index (χ0n) is 16.4. The molecule has 1 aromatic carbocycles. The van der Waals surface area contributed by atoms with E-state index in [1.807, 2.05) is 24.3 Å². The van der Waals surface area contributed by atoms with E-state index in [0.29, 0.717) is 32.6 Å². The molecule has 0 bridgehead atoms. The minimum absolute atomic E-state index is 0.0477. The highest BCUT2D eigenvalue weighted by atomic mass is 16.2. The maximum absolute atomic E-state index is 12.6. The second-order valence-electron chi connectivity index (χ2n) is 8.01. The van der Waals surface area contributed by atoms with Gasteiger partial charge in [-0.25, -0.2) is 0 Å². The predicted molar refractivity (Wildman–Crippen MR) is 107 cm³/mol. The zero-order chi connectivity index (χ0) is 19.7. The van der Waals surface area contributed by atoms with Crippen molar-refractivity contribution in [2.75, 3.05) is 49.5 Å². The van der Waals surface area contributed by atoms with Crippen molar-refractivity contribution in [3.63, 3.8) is 0 Å². The fourth-order valence-electron chi connectivity index (χ4n) is 4.20. The third kappa shape index (κ3) is 3.98. The molecule has 3 aliphatic rings. The number of nitrogens with one attached hydrogen (secondary N) is 1. The summed E-state index contributed by atoms with van der Waals surface area (Å²) >= 11 is 0. The van der Waals surface area contributed by atoms with Crippen molar-refractivity contribution >= 4 is 29.1 Å². The van der Waals surface area contributed by atoms with Crippen molar-refractivity contribution in [1.29, 1.82) is 0 Å². The fourth-order valence-corrected chi connectivity index (χ4v) is 4.20. The Morgan fingerprint density at radius 1 is 0.857 bits per heavy atom. The van der Waals surface area contributed by atoms with Crippen LogP contribution in [0.3, 0.4) is 0 Å². The van der Waals surface area contributed by atoms with E-state index in [2.05, 4.69) is 10.2 Å². The number of nitrogens with zero attached hydrogens (tertiary/aromatic N) is 3. The molecular formula is C21H28N4O3. The van der Waals surface area contributed by atoms with Crippen LogP contribution in [0.25, 0.3) is 0 Å². The van der Waals surface area contributed by atoms with Crippen LogP contribution < -0.4 is 10.2 Å². The molecule has 2 atom stereocenters. The lowest BCUT2D eigenvalue weighted by molar-refractivity contribution is -0.139. The van der Waals surface area contributed by atoms with Crippen molar-refractivity contribution in [2.24, 2.45) is 11.8 Å². The molecule has 1 N–H and O–H groups in total. The minimum atomic E-state index is -0.239. The van der Waals surface area contributed by atoms with Gasteiger partial charge in [0.05, 0.1) is 11.8 Å². The number of carbonyl (C=O) groups excluding carboxylic acids is 3. The van der Waals surface area contributed by atoms with Crippen LogP contribution in [0.2, 0.25) is 0 Å². The molecule has 2 aliphatic heterocycles. The van der Waals surface area contributed by atoms with Crippen LogP contribution in [-0.4, -0.2) is 66.8 Å². The molecule has 150 valence electrons. The summed E-state index contributed by atoms with van der Waals surface area (Å²) < 4.78 is 0. The van der Waals surface area contributed by atoms with Crippen molar-refractivity contribution in [3.05, 3.63) is 24.3 Å². The molecule has 7 nitrogen and oxygen atoms in total. The van der Waals surface area contributed by atoms with E-state index < -0.39 is 0 Å². The Morgan fingerprint density at radius 3 is 2.07 bits per heavy atom. The second-order valence-corrected chi connectivity index (χ2v) is 8.01. The van der Waals surface area contributed by atoms with Crippen LogP contribution in [0, 0.1) is 11.8 Å². The Labute approximate surface area is 165 Å². The smallest absolute Gasteiger partial charge is 0.228 e. The predicted octanol–water partition coefficient (Wildman–Crippen LogP) is 1.55. The number of amides is 3. The molecule has 2 heterocycles. The summed E-state index contributed by atoms with van der Waals surface area (Å²) in [5.41, 5.74) is 1.97. The first kappa shape index (κ1) is 18.8. The number of hydrogen-bond donors (Lipinski definition) is 1. The molecule has 3 amide bonds. The van der Waals surface area contributed by atoms with Gasteiger partial charge in [0, 0.05) is 57.6 Å². The lowest BCUT2D eigenvalue weighted by atomic mass is 10.2. The van der Waals surface area contributed by atoms with E-state index >= 15 is 0 Å². The number of hydrogen-bond acceptors (Lipinski definition) is 4. The third-order valence-corrected chi connectivity index (χ3v) is 6.09. The van der Waals surface area contributed by atoms with Gasteiger partial charge in [0.25, 0.3) is 0 Å². The van der Waals surface area contributed by atoms with Crippen LogP contribution in [0.5, 0.6) is 0 Å². The van der Waals surface area contributed by atoms with E-state index in [-0.39, 0.29) is 29.6 Å². The Bertz CT molecular complexity index is 749. The van der Waals surface area contributed by atoms with E-state index in [4.69, 9.17) is 0 Å². The molecule has 3 fully saturated rings. The van der Waals surface area contributed by atoms with Crippen LogP contribution in [0.4, 0.5) is 11.4 Å². The van der Waals surface area contributed by atoms with Crippen molar-refractivity contribution < 1.29 is 14.4 Å². The summed E-state index contributed by atoms with van der Waals surface area (Å²) in [6.45, 7) is 6.01. The highest BCUT2D eigenvalue weighted by Gasteiger charge is 2.49. The Balaban J connectivity index is 1.26. The van der Waals surface area contributed by atoms with Gasteiger partial charge in [0.1, 0.15) is 0 Å². The van der Waals surface area contributed by atoms with Gasteiger partial charge in [0.15, 0.2) is 0 Å². The highest BCUT2D eigenvalue weighted by Crippen LogP contribution is 2.41. The standard InChI is InChI=1S/C21H28N4O3/c1-15(26)23-10-12-25(13-11-23)21(28)19-14-18(19)20(27)22-16-4-6-17(7-5-16)24-8-2-3-9-24/h4-7,18-19H,2-3,8-14H2,1H3,(H,22,27). The van der Waals surface area contributed by atoms with Crippen molar-refractivity contribution in [1.82, 2.24) is 9.80 Å². The maximum Gasteiger partial charge on any atom is 0.228 e. The SMILES string of the molecule is CC(=O)N1CCN(C(=O)C2CC2C(=O)Nc2ccc(N3CCCC3)cc2)CC1. The molecule has 1 aliphatic carbocycles. The average Bonchev–Trinajstić information content (AvgIpc) is 3.33. The molecule has 4 rings (SSSR count). The van der Waals surface area contributed by atoms with E-state index in [1.165, 1.54) is 18.5 Å². The van der Waals surface area contributed by atoms with Gasteiger partial charge in [-0.3, -0.25) is 14.4 Å². The van der Waals surface area contributed by atoms with Gasteiger partial charge >= 0.3 is 0 Å². The van der Waals surface area contributed by atoms with Crippen LogP contribution in [-0.2, 0) is 14.4 Å². The van der Waals surface area contributed by atoms with E-state index in [9.17, 15) is 14.4 Å². The molecule has 7 heteroatoms. The Morgan fingerprint density at radius 2 is 1.46 bits per heavy atom. The summed E-state index contributed by atoms with van der Waals surface area (Å²) in [4.78, 5) is 42.4. The van der Waals surface area contributed by atoms with Gasteiger partial charge < -0.3 is 20.0 Å². The minimum Gasteiger partial charge on any atom is -0.372 e. The molecule has 0 aromatic heterocycles. The van der Waals surface area contributed by atoms with Gasteiger partial charge in [-0.15, -0.1) is 0 Å². The monoisotopic (exact) mass is 384 g/mol. The van der Waals surface area contributed by atoms with Crippen LogP contribution in [0.1, 0.15) is 26.2 Å². The largest absolute Gasteiger partial charge is 0.372 e. The summed E-state index contributed by atoms with van der Waals surface area (Å²) in [7, 11) is 0.